The number of hydrogen-bond donors (Lipinski definition) is 1. The fraction of sp³-hybridized carbons (Fsp3) is 0.263. The van der Waals surface area contributed by atoms with Crippen LogP contribution in [0.1, 0.15) is 11.4 Å². The van der Waals surface area contributed by atoms with Crippen LogP contribution in [-0.2, 0) is 4.79 Å². The Bertz CT molecular complexity index is 847. The van der Waals surface area contributed by atoms with Gasteiger partial charge in [-0.05, 0) is 43.3 Å². The number of anilines is 3. The van der Waals surface area contributed by atoms with Crippen LogP contribution < -0.4 is 10.2 Å². The first-order valence-electron chi connectivity index (χ1n) is 8.38. The van der Waals surface area contributed by atoms with Crippen LogP contribution in [0.2, 0.25) is 0 Å². The molecule has 1 saturated heterocycles. The molecule has 7 heteroatoms. The number of nitriles is 1. The van der Waals surface area contributed by atoms with E-state index >= 15 is 0 Å². The van der Waals surface area contributed by atoms with E-state index in [1.54, 1.807) is 11.0 Å². The van der Waals surface area contributed by atoms with Crippen molar-refractivity contribution in [1.29, 1.82) is 5.26 Å². The normalized spacial score (nSPS) is 13.8. The smallest absolute Gasteiger partial charge is 0.246 e. The van der Waals surface area contributed by atoms with E-state index in [4.69, 9.17) is 5.26 Å². The molecular formula is C19H20N6O. The molecule has 3 rings (SSSR count). The molecule has 0 radical (unpaired) electrons. The van der Waals surface area contributed by atoms with Crippen LogP contribution in [0.3, 0.4) is 0 Å². The number of amides is 1. The third-order valence-corrected chi connectivity index (χ3v) is 4.22. The summed E-state index contributed by atoms with van der Waals surface area (Å²) in [5.41, 5.74) is 3.03. The van der Waals surface area contributed by atoms with E-state index in [-0.39, 0.29) is 5.91 Å². The molecule has 1 fully saturated rings. The number of carbonyl (C=O) groups excluding carboxylic acids is 1. The first-order valence-corrected chi connectivity index (χ1v) is 8.38. The van der Waals surface area contributed by atoms with Gasteiger partial charge in [0, 0.05) is 43.2 Å². The Morgan fingerprint density at radius 2 is 1.92 bits per heavy atom. The fourth-order valence-electron chi connectivity index (χ4n) is 2.88. The van der Waals surface area contributed by atoms with Gasteiger partial charge in [-0.2, -0.15) is 5.26 Å². The second-order valence-corrected chi connectivity index (χ2v) is 6.02. The summed E-state index contributed by atoms with van der Waals surface area (Å²) in [6.07, 6.45) is 1.36. The molecule has 0 atom stereocenters. The minimum atomic E-state index is -0.0147. The maximum Gasteiger partial charge on any atom is 0.246 e. The van der Waals surface area contributed by atoms with Gasteiger partial charge in [-0.3, -0.25) is 4.79 Å². The lowest BCUT2D eigenvalue weighted by atomic mass is 10.2. The molecule has 2 aromatic rings. The summed E-state index contributed by atoms with van der Waals surface area (Å²) >= 11 is 0. The highest BCUT2D eigenvalue weighted by Gasteiger charge is 2.19. The van der Waals surface area contributed by atoms with E-state index in [2.05, 4.69) is 26.8 Å². The quantitative estimate of drug-likeness (QED) is 0.853. The highest BCUT2D eigenvalue weighted by atomic mass is 16.2. The molecule has 0 spiro atoms. The van der Waals surface area contributed by atoms with Crippen LogP contribution in [0.15, 0.2) is 43.0 Å². The Hall–Kier alpha value is -3.40. The standard InChI is InChI=1S/C19H20N6O/c1-3-18(26)25-10-8-24(9-11-25)17-6-4-15(5-7-17)22-19-21-14(2)12-16(13-20)23-19/h3-7,12H,1,8-11H2,2H3,(H,21,22,23). The molecule has 1 aliphatic rings. The van der Waals surface area contributed by atoms with Crippen LogP contribution in [-0.4, -0.2) is 47.0 Å². The van der Waals surface area contributed by atoms with Gasteiger partial charge in [0.2, 0.25) is 11.9 Å². The molecule has 1 aliphatic heterocycles. The lowest BCUT2D eigenvalue weighted by molar-refractivity contribution is -0.126. The summed E-state index contributed by atoms with van der Waals surface area (Å²) in [7, 11) is 0. The molecule has 1 N–H and O–H groups in total. The van der Waals surface area contributed by atoms with Crippen LogP contribution in [0, 0.1) is 18.3 Å². The fourth-order valence-corrected chi connectivity index (χ4v) is 2.88. The molecule has 0 unspecified atom stereocenters. The zero-order chi connectivity index (χ0) is 18.5. The third kappa shape index (κ3) is 3.98. The summed E-state index contributed by atoms with van der Waals surface area (Å²) in [5.74, 6) is 0.393. The minimum absolute atomic E-state index is 0.0147. The van der Waals surface area contributed by atoms with Crippen LogP contribution in [0.25, 0.3) is 0 Å². The van der Waals surface area contributed by atoms with Crippen molar-refractivity contribution in [2.45, 2.75) is 6.92 Å². The maximum absolute atomic E-state index is 11.6. The second kappa shape index (κ2) is 7.66. The van der Waals surface area contributed by atoms with Crippen LogP contribution in [0.5, 0.6) is 0 Å². The van der Waals surface area contributed by atoms with Crippen molar-refractivity contribution in [2.75, 3.05) is 36.4 Å². The predicted octanol–water partition coefficient (Wildman–Crippen LogP) is 2.23. The topological polar surface area (TPSA) is 85.2 Å². The van der Waals surface area contributed by atoms with Gasteiger partial charge in [0.05, 0.1) is 0 Å². The zero-order valence-corrected chi connectivity index (χ0v) is 14.6. The Kier molecular flexibility index (Phi) is 5.13. The first-order chi connectivity index (χ1) is 12.6. The van der Waals surface area contributed by atoms with Gasteiger partial charge in [-0.1, -0.05) is 6.58 Å². The van der Waals surface area contributed by atoms with Gasteiger partial charge in [0.15, 0.2) is 0 Å². The van der Waals surface area contributed by atoms with Gasteiger partial charge in [0.25, 0.3) is 0 Å². The van der Waals surface area contributed by atoms with E-state index in [9.17, 15) is 4.79 Å². The summed E-state index contributed by atoms with van der Waals surface area (Å²) in [4.78, 5) is 24.1. The average molecular weight is 348 g/mol. The number of rotatable bonds is 4. The highest BCUT2D eigenvalue weighted by Crippen LogP contribution is 2.21. The van der Waals surface area contributed by atoms with Crippen LogP contribution in [0.4, 0.5) is 17.3 Å². The van der Waals surface area contributed by atoms with E-state index in [1.165, 1.54) is 6.08 Å². The number of carbonyl (C=O) groups is 1. The number of benzene rings is 1. The van der Waals surface area contributed by atoms with Gasteiger partial charge in [-0.25, -0.2) is 9.97 Å². The number of aromatic nitrogens is 2. The molecule has 0 aliphatic carbocycles. The number of nitrogens with zero attached hydrogens (tertiary/aromatic N) is 5. The van der Waals surface area contributed by atoms with Crippen molar-refractivity contribution in [3.8, 4) is 6.07 Å². The SMILES string of the molecule is C=CC(=O)N1CCN(c2ccc(Nc3nc(C)cc(C#N)n3)cc2)CC1. The van der Waals surface area contributed by atoms with E-state index in [1.807, 2.05) is 37.3 Å². The molecule has 26 heavy (non-hydrogen) atoms. The predicted molar refractivity (Wildman–Crippen MR) is 100 cm³/mol. The highest BCUT2D eigenvalue weighted by molar-refractivity contribution is 5.87. The first kappa shape index (κ1) is 17.4. The van der Waals surface area contributed by atoms with Gasteiger partial charge >= 0.3 is 0 Å². The van der Waals surface area contributed by atoms with Crippen molar-refractivity contribution in [3.63, 3.8) is 0 Å². The van der Waals surface area contributed by atoms with Crippen molar-refractivity contribution < 1.29 is 4.79 Å². The number of nitrogens with one attached hydrogen (secondary N) is 1. The molecule has 2 heterocycles. The Morgan fingerprint density at radius 1 is 1.23 bits per heavy atom. The van der Waals surface area contributed by atoms with E-state index in [0.29, 0.717) is 24.7 Å². The minimum Gasteiger partial charge on any atom is -0.368 e. The van der Waals surface area contributed by atoms with Gasteiger partial charge in [-0.15, -0.1) is 0 Å². The lowest BCUT2D eigenvalue weighted by Crippen LogP contribution is -2.48. The summed E-state index contributed by atoms with van der Waals surface area (Å²) in [6.45, 7) is 8.33. The van der Waals surface area contributed by atoms with Crippen molar-refractivity contribution >= 4 is 23.2 Å². The van der Waals surface area contributed by atoms with Crippen LogP contribution >= 0.6 is 0 Å². The molecule has 1 aromatic heterocycles. The Morgan fingerprint density at radius 3 is 2.54 bits per heavy atom. The van der Waals surface area contributed by atoms with E-state index in [0.717, 1.165) is 30.2 Å². The molecule has 132 valence electrons. The summed E-state index contributed by atoms with van der Waals surface area (Å²) in [6, 6.07) is 11.6. The molecule has 7 nitrogen and oxygen atoms in total. The zero-order valence-electron chi connectivity index (χ0n) is 14.6. The maximum atomic E-state index is 11.6. The monoisotopic (exact) mass is 348 g/mol. The number of hydrogen-bond acceptors (Lipinski definition) is 6. The Labute approximate surface area is 152 Å². The summed E-state index contributed by atoms with van der Waals surface area (Å²) < 4.78 is 0. The Balaban J connectivity index is 1.64. The molecule has 1 aromatic carbocycles. The number of aryl methyl sites for hydroxylation is 1. The van der Waals surface area contributed by atoms with Crippen molar-refractivity contribution in [1.82, 2.24) is 14.9 Å². The molecular weight excluding hydrogens is 328 g/mol. The van der Waals surface area contributed by atoms with Crippen molar-refractivity contribution in [3.05, 3.63) is 54.4 Å². The number of piperazine rings is 1. The third-order valence-electron chi connectivity index (χ3n) is 4.22. The summed E-state index contributed by atoms with van der Waals surface area (Å²) in [5, 5.41) is 12.1. The van der Waals surface area contributed by atoms with Gasteiger partial charge < -0.3 is 15.1 Å². The lowest BCUT2D eigenvalue weighted by Gasteiger charge is -2.35. The molecule has 1 amide bonds. The molecule has 0 bridgehead atoms. The largest absolute Gasteiger partial charge is 0.368 e. The average Bonchev–Trinajstić information content (AvgIpc) is 2.67. The van der Waals surface area contributed by atoms with Crippen molar-refractivity contribution in [2.24, 2.45) is 0 Å². The van der Waals surface area contributed by atoms with Gasteiger partial charge in [0.1, 0.15) is 11.8 Å². The second-order valence-electron chi connectivity index (χ2n) is 6.02. The molecule has 0 saturated carbocycles. The van der Waals surface area contributed by atoms with E-state index < -0.39 is 0 Å².